The standard InChI is InChI=1S/C23H26N6O3S/c1-33-14-11-17(21-27-26-19-9-5-6-12-28(19)21)24-20(30)15-18-22(31)29(23(32)25-18)13-10-16-7-3-2-4-8-16/h2-9,12,17-18H,10-11,13-15H2,1H3,(H,24,30)(H,25,32)/t17-,18+/m0/s1. The fourth-order valence-electron chi connectivity index (χ4n) is 3.85. The van der Waals surface area contributed by atoms with Gasteiger partial charge >= 0.3 is 6.03 Å². The fraction of sp³-hybridized carbons (Fsp3) is 0.348. The maximum Gasteiger partial charge on any atom is 0.324 e. The zero-order valence-corrected chi connectivity index (χ0v) is 19.1. The van der Waals surface area contributed by atoms with Crippen molar-refractivity contribution in [2.75, 3.05) is 18.6 Å². The third-order valence-electron chi connectivity index (χ3n) is 5.56. The van der Waals surface area contributed by atoms with Crippen molar-refractivity contribution < 1.29 is 14.4 Å². The number of fused-ring (bicyclic) bond motifs is 1. The van der Waals surface area contributed by atoms with Crippen molar-refractivity contribution in [2.45, 2.75) is 31.3 Å². The number of hydrogen-bond donors (Lipinski definition) is 2. The Morgan fingerprint density at radius 3 is 2.73 bits per heavy atom. The Morgan fingerprint density at radius 1 is 1.15 bits per heavy atom. The first-order valence-electron chi connectivity index (χ1n) is 10.8. The first kappa shape index (κ1) is 22.8. The molecule has 3 aromatic rings. The molecule has 33 heavy (non-hydrogen) atoms. The van der Waals surface area contributed by atoms with Gasteiger partial charge in [-0.2, -0.15) is 11.8 Å². The van der Waals surface area contributed by atoms with Crippen LogP contribution in [0.4, 0.5) is 4.79 Å². The zero-order valence-electron chi connectivity index (χ0n) is 18.3. The summed E-state index contributed by atoms with van der Waals surface area (Å²) in [6.45, 7) is 0.273. The summed E-state index contributed by atoms with van der Waals surface area (Å²) >= 11 is 1.67. The van der Waals surface area contributed by atoms with Gasteiger partial charge in [0, 0.05) is 12.7 Å². The molecular weight excluding hydrogens is 440 g/mol. The molecule has 0 saturated carbocycles. The van der Waals surface area contributed by atoms with E-state index in [4.69, 9.17) is 0 Å². The quantitative estimate of drug-likeness (QED) is 0.444. The van der Waals surface area contributed by atoms with E-state index in [1.54, 1.807) is 11.8 Å². The Bertz CT molecular complexity index is 1140. The molecule has 0 spiro atoms. The Labute approximate surface area is 195 Å². The van der Waals surface area contributed by atoms with Gasteiger partial charge in [-0.15, -0.1) is 10.2 Å². The number of carbonyl (C=O) groups excluding carboxylic acids is 3. The van der Waals surface area contributed by atoms with Crippen molar-refractivity contribution in [2.24, 2.45) is 0 Å². The van der Waals surface area contributed by atoms with Gasteiger partial charge < -0.3 is 10.6 Å². The SMILES string of the molecule is CSCC[C@H](NC(=O)C[C@H]1NC(=O)N(CCc2ccccc2)C1=O)c1nnc2ccccn12. The predicted molar refractivity (Wildman–Crippen MR) is 126 cm³/mol. The first-order valence-corrected chi connectivity index (χ1v) is 12.2. The summed E-state index contributed by atoms with van der Waals surface area (Å²) in [5.74, 6) is 0.760. The van der Waals surface area contributed by atoms with E-state index in [9.17, 15) is 14.4 Å². The molecule has 10 heteroatoms. The molecule has 2 aromatic heterocycles. The number of nitrogens with one attached hydrogen (secondary N) is 2. The molecule has 1 saturated heterocycles. The van der Waals surface area contributed by atoms with Gasteiger partial charge in [0.15, 0.2) is 11.5 Å². The van der Waals surface area contributed by atoms with E-state index in [0.717, 1.165) is 11.3 Å². The van der Waals surface area contributed by atoms with Crippen molar-refractivity contribution in [1.29, 1.82) is 0 Å². The number of urea groups is 1. The minimum Gasteiger partial charge on any atom is -0.346 e. The molecule has 4 amide bonds. The summed E-state index contributed by atoms with van der Waals surface area (Å²) in [5.41, 5.74) is 1.74. The van der Waals surface area contributed by atoms with Crippen LogP contribution < -0.4 is 10.6 Å². The number of rotatable bonds is 10. The maximum absolute atomic E-state index is 12.8. The third kappa shape index (κ3) is 5.33. The summed E-state index contributed by atoms with van der Waals surface area (Å²) in [4.78, 5) is 39.1. The number of hydrogen-bond acceptors (Lipinski definition) is 6. The summed E-state index contributed by atoms with van der Waals surface area (Å²) < 4.78 is 1.85. The highest BCUT2D eigenvalue weighted by atomic mass is 32.2. The number of imide groups is 1. The monoisotopic (exact) mass is 466 g/mol. The molecule has 3 heterocycles. The lowest BCUT2D eigenvalue weighted by atomic mass is 10.1. The topological polar surface area (TPSA) is 109 Å². The first-order chi connectivity index (χ1) is 16.1. The van der Waals surface area contributed by atoms with E-state index in [1.807, 2.05) is 65.4 Å². The van der Waals surface area contributed by atoms with Crippen LogP contribution in [0.3, 0.4) is 0 Å². The van der Waals surface area contributed by atoms with Gasteiger partial charge in [-0.05, 0) is 42.5 Å². The van der Waals surface area contributed by atoms with Gasteiger partial charge in [-0.25, -0.2) is 4.79 Å². The van der Waals surface area contributed by atoms with Crippen LogP contribution in [0, 0.1) is 0 Å². The molecule has 172 valence electrons. The van der Waals surface area contributed by atoms with Crippen LogP contribution >= 0.6 is 11.8 Å². The van der Waals surface area contributed by atoms with Crippen molar-refractivity contribution >= 4 is 35.3 Å². The molecule has 1 aliphatic rings. The lowest BCUT2D eigenvalue weighted by Gasteiger charge is -2.18. The maximum atomic E-state index is 12.8. The number of nitrogens with zero attached hydrogens (tertiary/aromatic N) is 4. The van der Waals surface area contributed by atoms with Crippen LogP contribution in [-0.4, -0.2) is 61.9 Å². The smallest absolute Gasteiger partial charge is 0.324 e. The lowest BCUT2D eigenvalue weighted by molar-refractivity contribution is -0.131. The van der Waals surface area contributed by atoms with Crippen LogP contribution in [0.5, 0.6) is 0 Å². The van der Waals surface area contributed by atoms with E-state index < -0.39 is 12.1 Å². The molecule has 1 fully saturated rings. The Hall–Kier alpha value is -3.40. The number of thioether (sulfide) groups is 1. The van der Waals surface area contributed by atoms with Gasteiger partial charge in [-0.1, -0.05) is 36.4 Å². The molecule has 0 radical (unpaired) electrons. The highest BCUT2D eigenvalue weighted by molar-refractivity contribution is 7.98. The Morgan fingerprint density at radius 2 is 1.94 bits per heavy atom. The third-order valence-corrected chi connectivity index (χ3v) is 6.21. The second-order valence-electron chi connectivity index (χ2n) is 7.82. The molecule has 4 rings (SSSR count). The Balaban J connectivity index is 1.39. The molecule has 1 aliphatic heterocycles. The summed E-state index contributed by atoms with van der Waals surface area (Å²) in [5, 5.41) is 14.1. The summed E-state index contributed by atoms with van der Waals surface area (Å²) in [6, 6.07) is 13.6. The lowest BCUT2D eigenvalue weighted by Crippen LogP contribution is -2.38. The number of carbonyl (C=O) groups is 3. The molecule has 0 unspecified atom stereocenters. The molecule has 2 atom stereocenters. The normalized spacial score (nSPS) is 16.8. The van der Waals surface area contributed by atoms with Crippen LogP contribution in [0.25, 0.3) is 5.65 Å². The van der Waals surface area contributed by atoms with Crippen molar-refractivity contribution in [1.82, 2.24) is 30.1 Å². The van der Waals surface area contributed by atoms with E-state index in [1.165, 1.54) is 4.90 Å². The number of benzene rings is 1. The van der Waals surface area contributed by atoms with Gasteiger partial charge in [-0.3, -0.25) is 18.9 Å². The summed E-state index contributed by atoms with van der Waals surface area (Å²) in [6.07, 6.45) is 4.96. The number of pyridine rings is 1. The largest absolute Gasteiger partial charge is 0.346 e. The van der Waals surface area contributed by atoms with Crippen LogP contribution in [0.2, 0.25) is 0 Å². The van der Waals surface area contributed by atoms with Gasteiger partial charge in [0.2, 0.25) is 5.91 Å². The van der Waals surface area contributed by atoms with Gasteiger partial charge in [0.05, 0.1) is 12.5 Å². The van der Waals surface area contributed by atoms with E-state index in [0.29, 0.717) is 24.3 Å². The molecule has 1 aromatic carbocycles. The van der Waals surface area contributed by atoms with Crippen molar-refractivity contribution in [3.8, 4) is 0 Å². The average Bonchev–Trinajstić information content (AvgIpc) is 3.36. The minimum absolute atomic E-state index is 0.126. The second-order valence-corrected chi connectivity index (χ2v) is 8.81. The van der Waals surface area contributed by atoms with Crippen LogP contribution in [0.1, 0.15) is 30.3 Å². The van der Waals surface area contributed by atoms with Crippen molar-refractivity contribution in [3.05, 3.63) is 66.1 Å². The molecule has 2 N–H and O–H groups in total. The minimum atomic E-state index is -0.871. The second kappa shape index (κ2) is 10.5. The fourth-order valence-corrected chi connectivity index (χ4v) is 4.32. The predicted octanol–water partition coefficient (Wildman–Crippen LogP) is 2.19. The van der Waals surface area contributed by atoms with Gasteiger partial charge in [0.1, 0.15) is 6.04 Å². The Kier molecular flexibility index (Phi) is 7.23. The van der Waals surface area contributed by atoms with Crippen molar-refractivity contribution in [3.63, 3.8) is 0 Å². The molecule has 0 aliphatic carbocycles. The van der Waals surface area contributed by atoms with E-state index in [2.05, 4.69) is 20.8 Å². The highest BCUT2D eigenvalue weighted by Gasteiger charge is 2.39. The zero-order chi connectivity index (χ0) is 23.2. The molecular formula is C23H26N6O3S. The average molecular weight is 467 g/mol. The number of amides is 4. The van der Waals surface area contributed by atoms with E-state index in [-0.39, 0.29) is 30.8 Å². The number of aromatic nitrogens is 3. The molecule has 0 bridgehead atoms. The van der Waals surface area contributed by atoms with Gasteiger partial charge in [0.25, 0.3) is 5.91 Å². The summed E-state index contributed by atoms with van der Waals surface area (Å²) in [7, 11) is 0. The molecule has 9 nitrogen and oxygen atoms in total. The highest BCUT2D eigenvalue weighted by Crippen LogP contribution is 2.19. The van der Waals surface area contributed by atoms with E-state index >= 15 is 0 Å². The van der Waals surface area contributed by atoms with Crippen LogP contribution in [-0.2, 0) is 16.0 Å². The van der Waals surface area contributed by atoms with Crippen LogP contribution in [0.15, 0.2) is 54.7 Å².